The molecule has 0 saturated carbocycles. The summed E-state index contributed by atoms with van der Waals surface area (Å²) in [5, 5.41) is 13.8. The number of likely N-dealkylation sites (tertiary alicyclic amines) is 1. The van der Waals surface area contributed by atoms with E-state index in [0.29, 0.717) is 50.0 Å². The molecule has 0 radical (unpaired) electrons. The second-order valence-electron chi connectivity index (χ2n) is 7.93. The molecule has 2 amide bonds. The highest BCUT2D eigenvalue weighted by Crippen LogP contribution is 2.29. The summed E-state index contributed by atoms with van der Waals surface area (Å²) in [7, 11) is 0. The Balaban J connectivity index is 1.42. The number of hydrogen-bond acceptors (Lipinski definition) is 7. The van der Waals surface area contributed by atoms with Crippen molar-refractivity contribution >= 4 is 17.7 Å². The van der Waals surface area contributed by atoms with Gasteiger partial charge in [-0.05, 0) is 33.2 Å². The van der Waals surface area contributed by atoms with E-state index in [-0.39, 0.29) is 23.8 Å². The Labute approximate surface area is 174 Å². The van der Waals surface area contributed by atoms with Crippen LogP contribution in [0.25, 0.3) is 0 Å². The van der Waals surface area contributed by atoms with Crippen LogP contribution in [-0.4, -0.2) is 82.4 Å². The zero-order valence-corrected chi connectivity index (χ0v) is 17.4. The lowest BCUT2D eigenvalue weighted by atomic mass is 9.91. The molecule has 4 heterocycles. The van der Waals surface area contributed by atoms with Crippen molar-refractivity contribution in [2.24, 2.45) is 0 Å². The first-order valence-corrected chi connectivity index (χ1v) is 10.4. The zero-order chi connectivity index (χ0) is 21.1. The predicted octanol–water partition coefficient (Wildman–Crippen LogP) is 1.39. The van der Waals surface area contributed by atoms with Gasteiger partial charge in [0, 0.05) is 31.6 Å². The number of aryl methyl sites for hydroxylation is 1. The third-order valence-electron chi connectivity index (χ3n) is 5.86. The summed E-state index contributed by atoms with van der Waals surface area (Å²) >= 11 is 0. The molecule has 2 aromatic heterocycles. The van der Waals surface area contributed by atoms with Gasteiger partial charge >= 0.3 is 0 Å². The van der Waals surface area contributed by atoms with E-state index in [0.717, 1.165) is 25.1 Å². The normalized spacial score (nSPS) is 21.4. The van der Waals surface area contributed by atoms with Crippen LogP contribution in [0.1, 0.15) is 47.4 Å². The average molecular weight is 416 g/mol. The van der Waals surface area contributed by atoms with Gasteiger partial charge in [-0.3, -0.25) is 24.9 Å². The number of morpholine rings is 1. The average Bonchev–Trinajstić information content (AvgIpc) is 3.42. The molecule has 0 aromatic carbocycles. The topological polar surface area (TPSA) is 117 Å². The molecule has 0 unspecified atom stereocenters. The Morgan fingerprint density at radius 3 is 2.83 bits per heavy atom. The Bertz CT molecular complexity index is 887. The number of H-pyrrole nitrogens is 1. The van der Waals surface area contributed by atoms with Crippen LogP contribution >= 0.6 is 0 Å². The van der Waals surface area contributed by atoms with Crippen LogP contribution in [0.3, 0.4) is 0 Å². The summed E-state index contributed by atoms with van der Waals surface area (Å²) in [5.41, 5.74) is 2.19. The number of aromatic nitrogens is 3. The van der Waals surface area contributed by atoms with Gasteiger partial charge in [0.15, 0.2) is 0 Å². The van der Waals surface area contributed by atoms with Crippen LogP contribution in [-0.2, 0) is 9.53 Å². The number of piperidine rings is 1. The first-order chi connectivity index (χ1) is 14.5. The minimum Gasteiger partial charge on any atom is -0.378 e. The van der Waals surface area contributed by atoms with Crippen LogP contribution in [0.2, 0.25) is 0 Å². The van der Waals surface area contributed by atoms with Gasteiger partial charge in [-0.15, -0.1) is 0 Å². The number of aromatic amines is 1. The second-order valence-corrected chi connectivity index (χ2v) is 7.93. The minimum absolute atomic E-state index is 0.00865. The fourth-order valence-electron chi connectivity index (χ4n) is 4.12. The number of carbonyl (C=O) groups is 2. The number of nitrogens with zero attached hydrogens (tertiary/aromatic N) is 4. The molecule has 2 aromatic rings. The Morgan fingerprint density at radius 2 is 2.10 bits per heavy atom. The molecule has 0 spiro atoms. The highest BCUT2D eigenvalue weighted by molar-refractivity contribution is 5.95. The number of ether oxygens (including phenoxy) is 1. The molecule has 2 aliphatic rings. The molecular weight excluding hydrogens is 388 g/mol. The van der Waals surface area contributed by atoms with Crippen molar-refractivity contribution in [1.82, 2.24) is 25.2 Å². The maximum absolute atomic E-state index is 13.0. The molecule has 0 bridgehead atoms. The summed E-state index contributed by atoms with van der Waals surface area (Å²) in [6, 6.07) is 1.36. The van der Waals surface area contributed by atoms with Gasteiger partial charge in [0.1, 0.15) is 0 Å². The van der Waals surface area contributed by atoms with Gasteiger partial charge in [-0.2, -0.15) is 5.10 Å². The standard InChI is InChI=1S/C20H28N6O4/c1-13-10-17(30-24-13)22-19(27)14(2)26-5-3-4-15(12-26)18-16(11-21-23-18)20(28)25-6-8-29-9-7-25/h10-11,14-15H,3-9,12H2,1-2H3,(H,21,23)(H,22,27)/t14-,15-/m0/s1. The monoisotopic (exact) mass is 416 g/mol. The van der Waals surface area contributed by atoms with Gasteiger partial charge in [0.2, 0.25) is 11.8 Å². The summed E-state index contributed by atoms with van der Waals surface area (Å²) in [6.45, 7) is 7.50. The molecule has 2 aliphatic heterocycles. The van der Waals surface area contributed by atoms with Gasteiger partial charge < -0.3 is 14.2 Å². The van der Waals surface area contributed by atoms with Crippen molar-refractivity contribution < 1.29 is 18.8 Å². The van der Waals surface area contributed by atoms with E-state index in [1.807, 2.05) is 11.8 Å². The molecule has 2 fully saturated rings. The van der Waals surface area contributed by atoms with Crippen molar-refractivity contribution in [2.45, 2.75) is 38.6 Å². The lowest BCUT2D eigenvalue weighted by Gasteiger charge is -2.36. The predicted molar refractivity (Wildman–Crippen MR) is 108 cm³/mol. The molecule has 2 N–H and O–H groups in total. The lowest BCUT2D eigenvalue weighted by molar-refractivity contribution is -0.121. The number of amides is 2. The SMILES string of the molecule is Cc1cc(NC(=O)[C@H](C)N2CCC[C@H](c3[nH]ncc3C(=O)N3CCOCC3)C2)on1. The molecule has 162 valence electrons. The molecule has 2 saturated heterocycles. The van der Waals surface area contributed by atoms with Gasteiger partial charge in [-0.1, -0.05) is 5.16 Å². The fourth-order valence-corrected chi connectivity index (χ4v) is 4.12. The van der Waals surface area contributed by atoms with E-state index >= 15 is 0 Å². The number of carbonyl (C=O) groups excluding carboxylic acids is 2. The molecule has 10 heteroatoms. The number of rotatable bonds is 5. The van der Waals surface area contributed by atoms with E-state index in [1.165, 1.54) is 0 Å². The van der Waals surface area contributed by atoms with Crippen molar-refractivity contribution in [3.05, 3.63) is 29.2 Å². The van der Waals surface area contributed by atoms with E-state index < -0.39 is 0 Å². The molecular formula is C20H28N6O4. The molecule has 10 nitrogen and oxygen atoms in total. The Kier molecular flexibility index (Phi) is 6.14. The van der Waals surface area contributed by atoms with Crippen molar-refractivity contribution in [3.63, 3.8) is 0 Å². The van der Waals surface area contributed by atoms with Gasteiger partial charge in [0.05, 0.1) is 42.4 Å². The quantitative estimate of drug-likeness (QED) is 0.756. The maximum Gasteiger partial charge on any atom is 0.257 e. The summed E-state index contributed by atoms with van der Waals surface area (Å²) in [4.78, 5) is 29.6. The zero-order valence-electron chi connectivity index (χ0n) is 17.4. The third-order valence-corrected chi connectivity index (χ3v) is 5.86. The molecule has 2 atom stereocenters. The summed E-state index contributed by atoms with van der Waals surface area (Å²) in [5.74, 6) is 0.320. The van der Waals surface area contributed by atoms with Crippen molar-refractivity contribution in [2.75, 3.05) is 44.7 Å². The number of anilines is 1. The Morgan fingerprint density at radius 1 is 1.30 bits per heavy atom. The van der Waals surface area contributed by atoms with E-state index in [1.54, 1.807) is 19.2 Å². The second kappa shape index (κ2) is 8.97. The first kappa shape index (κ1) is 20.5. The highest BCUT2D eigenvalue weighted by atomic mass is 16.5. The Hall–Kier alpha value is -2.72. The fraction of sp³-hybridized carbons (Fsp3) is 0.600. The molecule has 4 rings (SSSR count). The summed E-state index contributed by atoms with van der Waals surface area (Å²) < 4.78 is 10.4. The van der Waals surface area contributed by atoms with Gasteiger partial charge in [-0.25, -0.2) is 0 Å². The van der Waals surface area contributed by atoms with Crippen LogP contribution in [0.5, 0.6) is 0 Å². The lowest BCUT2D eigenvalue weighted by Crippen LogP contribution is -2.47. The minimum atomic E-state index is -0.334. The van der Waals surface area contributed by atoms with E-state index in [2.05, 4.69) is 25.6 Å². The molecule has 30 heavy (non-hydrogen) atoms. The first-order valence-electron chi connectivity index (χ1n) is 10.4. The van der Waals surface area contributed by atoms with Crippen LogP contribution in [0.15, 0.2) is 16.8 Å². The molecule has 0 aliphatic carbocycles. The van der Waals surface area contributed by atoms with Crippen LogP contribution in [0, 0.1) is 6.92 Å². The largest absolute Gasteiger partial charge is 0.378 e. The van der Waals surface area contributed by atoms with E-state index in [9.17, 15) is 9.59 Å². The van der Waals surface area contributed by atoms with Crippen molar-refractivity contribution in [1.29, 1.82) is 0 Å². The van der Waals surface area contributed by atoms with Gasteiger partial charge in [0.25, 0.3) is 5.91 Å². The third kappa shape index (κ3) is 4.39. The number of hydrogen-bond donors (Lipinski definition) is 2. The van der Waals surface area contributed by atoms with Crippen LogP contribution in [0.4, 0.5) is 5.88 Å². The maximum atomic E-state index is 13.0. The van der Waals surface area contributed by atoms with E-state index in [4.69, 9.17) is 9.26 Å². The number of nitrogens with one attached hydrogen (secondary N) is 2. The summed E-state index contributed by atoms with van der Waals surface area (Å²) in [6.07, 6.45) is 3.50. The van der Waals surface area contributed by atoms with Crippen molar-refractivity contribution in [3.8, 4) is 0 Å². The highest BCUT2D eigenvalue weighted by Gasteiger charge is 2.32. The van der Waals surface area contributed by atoms with Crippen LogP contribution < -0.4 is 5.32 Å². The smallest absolute Gasteiger partial charge is 0.257 e.